The number of nitrogens with two attached hydrogens (primary N) is 1. The van der Waals surface area contributed by atoms with Crippen LogP contribution in [-0.4, -0.2) is 5.11 Å². The number of phenolic OH excluding ortho intramolecular Hbond substituents is 1. The summed E-state index contributed by atoms with van der Waals surface area (Å²) >= 11 is 8.68. The van der Waals surface area contributed by atoms with Crippen molar-refractivity contribution in [3.8, 4) is 5.75 Å². The lowest BCUT2D eigenvalue weighted by Gasteiger charge is -2.00. The minimum atomic E-state index is 0.0319. The molecule has 0 aliphatic rings. The Balaban J connectivity index is 3.31. The summed E-state index contributed by atoms with van der Waals surface area (Å²) in [4.78, 5) is 0. The van der Waals surface area contributed by atoms with E-state index in [-0.39, 0.29) is 11.4 Å². The number of nitrogen functional groups attached to an aromatic ring is 1. The molecule has 0 aliphatic carbocycles. The third-order valence-electron chi connectivity index (χ3n) is 1.06. The second-order valence-corrected chi connectivity index (χ2v) is 3.12. The summed E-state index contributed by atoms with van der Waals surface area (Å²) in [6, 6.07) is 3.06. The number of aromatic hydroxyl groups is 1. The molecule has 0 atom stereocenters. The zero-order valence-electron chi connectivity index (χ0n) is 4.94. The summed E-state index contributed by atoms with van der Waals surface area (Å²) in [6.07, 6.45) is 0. The van der Waals surface area contributed by atoms with E-state index in [0.29, 0.717) is 9.50 Å². The van der Waals surface area contributed by atoms with Crippen LogP contribution in [0.15, 0.2) is 16.6 Å². The van der Waals surface area contributed by atoms with Crippen molar-refractivity contribution < 1.29 is 5.11 Å². The first-order valence-corrected chi connectivity index (χ1v) is 3.72. The number of anilines is 1. The fourth-order valence-corrected chi connectivity index (χ4v) is 1.42. The van der Waals surface area contributed by atoms with E-state index in [1.807, 2.05) is 0 Å². The van der Waals surface area contributed by atoms with Crippen molar-refractivity contribution in [2.45, 2.75) is 0 Å². The Bertz CT molecular complexity index is 241. The van der Waals surface area contributed by atoms with E-state index in [9.17, 15) is 0 Å². The van der Waals surface area contributed by atoms with Gasteiger partial charge in [-0.1, -0.05) is 11.6 Å². The lowest BCUT2D eigenvalue weighted by atomic mass is 10.3. The molecule has 0 unspecified atom stereocenters. The van der Waals surface area contributed by atoms with E-state index in [1.54, 1.807) is 6.07 Å². The number of phenols is 1. The molecule has 0 amide bonds. The molecule has 0 fully saturated rings. The third-order valence-corrected chi connectivity index (χ3v) is 1.88. The molecule has 1 aromatic carbocycles. The van der Waals surface area contributed by atoms with Gasteiger partial charge in [-0.15, -0.1) is 0 Å². The van der Waals surface area contributed by atoms with Crippen LogP contribution < -0.4 is 5.73 Å². The number of hydrogen-bond acceptors (Lipinski definition) is 2. The number of rotatable bonds is 0. The molecule has 0 saturated heterocycles. The van der Waals surface area contributed by atoms with Crippen LogP contribution in [-0.2, 0) is 0 Å². The Morgan fingerprint density at radius 3 is 2.60 bits per heavy atom. The summed E-state index contributed by atoms with van der Waals surface area (Å²) in [6.45, 7) is 0. The second kappa shape index (κ2) is 2.68. The fourth-order valence-electron chi connectivity index (χ4n) is 0.586. The monoisotopic (exact) mass is 221 g/mol. The lowest BCUT2D eigenvalue weighted by Crippen LogP contribution is -1.85. The summed E-state index contributed by atoms with van der Waals surface area (Å²) in [5.74, 6) is 0.0319. The van der Waals surface area contributed by atoms with E-state index in [1.165, 1.54) is 6.07 Å². The van der Waals surface area contributed by atoms with Crippen molar-refractivity contribution in [1.82, 2.24) is 0 Å². The van der Waals surface area contributed by atoms with Gasteiger partial charge in [0, 0.05) is 5.02 Å². The van der Waals surface area contributed by atoms with Crippen molar-refractivity contribution >= 4 is 33.2 Å². The Labute approximate surface area is 71.7 Å². The van der Waals surface area contributed by atoms with Crippen molar-refractivity contribution in [2.24, 2.45) is 0 Å². The van der Waals surface area contributed by atoms with E-state index in [0.717, 1.165) is 0 Å². The molecule has 0 spiro atoms. The molecule has 0 radical (unpaired) electrons. The summed E-state index contributed by atoms with van der Waals surface area (Å²) in [5.41, 5.74) is 5.63. The van der Waals surface area contributed by atoms with Crippen LogP contribution in [0.3, 0.4) is 0 Å². The molecule has 0 bridgehead atoms. The highest BCUT2D eigenvalue weighted by atomic mass is 79.9. The van der Waals surface area contributed by atoms with Crippen molar-refractivity contribution in [1.29, 1.82) is 0 Å². The molecule has 0 aliphatic heterocycles. The van der Waals surface area contributed by atoms with Crippen LogP contribution in [0.1, 0.15) is 0 Å². The lowest BCUT2D eigenvalue weighted by molar-refractivity contribution is 0.474. The molecule has 4 heteroatoms. The average Bonchev–Trinajstić information content (AvgIpc) is 1.82. The zero-order chi connectivity index (χ0) is 7.72. The Morgan fingerprint density at radius 1 is 1.50 bits per heavy atom. The normalized spacial score (nSPS) is 9.80. The highest BCUT2D eigenvalue weighted by Crippen LogP contribution is 2.32. The van der Waals surface area contributed by atoms with Gasteiger partial charge in [-0.05, 0) is 28.1 Å². The highest BCUT2D eigenvalue weighted by molar-refractivity contribution is 9.10. The molecule has 0 heterocycles. The van der Waals surface area contributed by atoms with Gasteiger partial charge in [-0.25, -0.2) is 0 Å². The molecule has 0 saturated carbocycles. The summed E-state index contributed by atoms with van der Waals surface area (Å²) in [7, 11) is 0. The summed E-state index contributed by atoms with van der Waals surface area (Å²) in [5, 5.41) is 9.60. The second-order valence-electron chi connectivity index (χ2n) is 1.83. The molecule has 54 valence electrons. The summed E-state index contributed by atoms with van der Waals surface area (Å²) < 4.78 is 0.512. The minimum Gasteiger partial charge on any atom is -0.505 e. The Hall–Kier alpha value is -0.410. The average molecular weight is 222 g/mol. The molecule has 1 aromatic rings. The highest BCUT2D eigenvalue weighted by Gasteiger charge is 2.02. The predicted octanol–water partition coefficient (Wildman–Crippen LogP) is 2.39. The van der Waals surface area contributed by atoms with Crippen LogP contribution in [0.4, 0.5) is 5.69 Å². The minimum absolute atomic E-state index is 0.0319. The molecular weight excluding hydrogens is 217 g/mol. The predicted molar refractivity (Wildman–Crippen MR) is 45.2 cm³/mol. The van der Waals surface area contributed by atoms with Gasteiger partial charge in [0.2, 0.25) is 0 Å². The van der Waals surface area contributed by atoms with Crippen molar-refractivity contribution in [3.05, 3.63) is 21.6 Å². The van der Waals surface area contributed by atoms with Gasteiger partial charge in [-0.3, -0.25) is 0 Å². The van der Waals surface area contributed by atoms with Crippen molar-refractivity contribution in [2.75, 3.05) is 5.73 Å². The molecular formula is C6H5BrClNO. The first kappa shape index (κ1) is 7.69. The van der Waals surface area contributed by atoms with E-state index < -0.39 is 0 Å². The smallest absolute Gasteiger partial charge is 0.152 e. The topological polar surface area (TPSA) is 46.2 Å². The largest absolute Gasteiger partial charge is 0.505 e. The first-order valence-electron chi connectivity index (χ1n) is 2.54. The molecule has 1 rings (SSSR count). The first-order chi connectivity index (χ1) is 4.61. The van der Waals surface area contributed by atoms with Crippen LogP contribution in [0.5, 0.6) is 5.75 Å². The quantitative estimate of drug-likeness (QED) is 0.523. The fraction of sp³-hybridized carbons (Fsp3) is 0. The van der Waals surface area contributed by atoms with Gasteiger partial charge in [0.1, 0.15) is 0 Å². The Morgan fingerprint density at radius 2 is 2.10 bits per heavy atom. The van der Waals surface area contributed by atoms with Gasteiger partial charge in [0.15, 0.2) is 5.75 Å². The van der Waals surface area contributed by atoms with Crippen LogP contribution in [0, 0.1) is 0 Å². The van der Waals surface area contributed by atoms with E-state index >= 15 is 0 Å². The molecule has 0 aromatic heterocycles. The van der Waals surface area contributed by atoms with Gasteiger partial charge >= 0.3 is 0 Å². The molecule has 3 N–H and O–H groups in total. The van der Waals surface area contributed by atoms with Crippen LogP contribution in [0.2, 0.25) is 5.02 Å². The zero-order valence-corrected chi connectivity index (χ0v) is 7.28. The maximum atomic E-state index is 9.10. The van der Waals surface area contributed by atoms with Crippen molar-refractivity contribution in [3.63, 3.8) is 0 Å². The third kappa shape index (κ3) is 1.36. The number of benzene rings is 1. The van der Waals surface area contributed by atoms with E-state index in [4.69, 9.17) is 22.4 Å². The standard InChI is InChI=1S/C6H5BrClNO/c7-4-1-3(8)2-5(9)6(4)10/h1-2,10H,9H2. The maximum absolute atomic E-state index is 9.10. The van der Waals surface area contributed by atoms with Crippen LogP contribution >= 0.6 is 27.5 Å². The van der Waals surface area contributed by atoms with Gasteiger partial charge in [0.25, 0.3) is 0 Å². The molecule has 2 nitrogen and oxygen atoms in total. The van der Waals surface area contributed by atoms with Crippen LogP contribution in [0.25, 0.3) is 0 Å². The SMILES string of the molecule is Nc1cc(Cl)cc(Br)c1O. The van der Waals surface area contributed by atoms with Gasteiger partial charge < -0.3 is 10.8 Å². The number of hydrogen-bond donors (Lipinski definition) is 2. The molecule has 10 heavy (non-hydrogen) atoms. The van der Waals surface area contributed by atoms with Gasteiger partial charge in [0.05, 0.1) is 10.2 Å². The number of halogens is 2. The maximum Gasteiger partial charge on any atom is 0.152 e. The van der Waals surface area contributed by atoms with E-state index in [2.05, 4.69) is 15.9 Å². The van der Waals surface area contributed by atoms with Gasteiger partial charge in [-0.2, -0.15) is 0 Å². The Kier molecular flexibility index (Phi) is 2.06.